The van der Waals surface area contributed by atoms with Crippen LogP contribution in [0.4, 0.5) is 8.78 Å². The Balaban J connectivity index is 1.33. The molecule has 1 saturated carbocycles. The Hall–Kier alpha value is -3.33. The molecule has 2 aromatic carbocycles. The largest absolute Gasteiger partial charge is 0.366 e. The first-order valence-electron chi connectivity index (χ1n) is 12.4. The van der Waals surface area contributed by atoms with Gasteiger partial charge < -0.3 is 9.80 Å². The van der Waals surface area contributed by atoms with Gasteiger partial charge >= 0.3 is 0 Å². The van der Waals surface area contributed by atoms with E-state index < -0.39 is 27.4 Å². The molecule has 1 heterocycles. The number of carbonyl (C=O) groups excluding carboxylic acids is 2. The van der Waals surface area contributed by atoms with Gasteiger partial charge in [-0.1, -0.05) is 24.3 Å². The highest BCUT2D eigenvalue weighted by molar-refractivity contribution is 7.90. The zero-order valence-electron chi connectivity index (χ0n) is 20.5. The van der Waals surface area contributed by atoms with E-state index in [1.807, 2.05) is 4.90 Å². The first-order chi connectivity index (χ1) is 17.6. The zero-order chi connectivity index (χ0) is 26.3. The Morgan fingerprint density at radius 2 is 1.62 bits per heavy atom. The number of allylic oxidation sites excluding steroid dienone is 3. The Labute approximate surface area is 215 Å². The summed E-state index contributed by atoms with van der Waals surface area (Å²) < 4.78 is 52.7. The van der Waals surface area contributed by atoms with Crippen LogP contribution in [-0.2, 0) is 14.6 Å². The van der Waals surface area contributed by atoms with Crippen LogP contribution in [0.25, 0.3) is 11.1 Å². The van der Waals surface area contributed by atoms with Gasteiger partial charge in [0.05, 0.1) is 10.6 Å². The van der Waals surface area contributed by atoms with Crippen LogP contribution in [-0.4, -0.2) is 62.3 Å². The van der Waals surface area contributed by atoms with E-state index in [4.69, 9.17) is 0 Å². The van der Waals surface area contributed by atoms with Gasteiger partial charge in [0.25, 0.3) is 5.91 Å². The first kappa shape index (κ1) is 25.3. The van der Waals surface area contributed by atoms with Gasteiger partial charge in [0.2, 0.25) is 0 Å². The van der Waals surface area contributed by atoms with Gasteiger partial charge in [-0.15, -0.1) is 0 Å². The third-order valence-corrected chi connectivity index (χ3v) is 8.33. The summed E-state index contributed by atoms with van der Waals surface area (Å²) in [6.45, 7) is 1.44. The highest BCUT2D eigenvalue weighted by atomic mass is 32.2. The highest BCUT2D eigenvalue weighted by Crippen LogP contribution is 2.37. The monoisotopic (exact) mass is 526 g/mol. The number of benzene rings is 2. The molecule has 0 radical (unpaired) electrons. The fraction of sp³-hybridized carbons (Fsp3) is 0.357. The van der Waals surface area contributed by atoms with E-state index in [9.17, 15) is 26.8 Å². The Morgan fingerprint density at radius 3 is 2.22 bits per heavy atom. The van der Waals surface area contributed by atoms with Crippen molar-refractivity contribution >= 4 is 21.5 Å². The number of rotatable bonds is 6. The second-order valence-corrected chi connectivity index (χ2v) is 11.9. The molecule has 3 aliphatic rings. The smallest absolute Gasteiger partial charge is 0.254 e. The number of carbonyl (C=O) groups is 2. The molecule has 1 atom stereocenters. The van der Waals surface area contributed by atoms with Gasteiger partial charge in [0, 0.05) is 49.8 Å². The van der Waals surface area contributed by atoms with Crippen molar-refractivity contribution in [2.75, 3.05) is 32.4 Å². The van der Waals surface area contributed by atoms with Crippen molar-refractivity contribution in [3.8, 4) is 11.1 Å². The minimum Gasteiger partial charge on any atom is -0.366 e. The van der Waals surface area contributed by atoms with Crippen LogP contribution in [0.1, 0.15) is 29.6 Å². The van der Waals surface area contributed by atoms with E-state index in [2.05, 4.69) is 0 Å². The summed E-state index contributed by atoms with van der Waals surface area (Å²) in [6, 6.07) is 10.0. The number of sulfone groups is 1. The van der Waals surface area contributed by atoms with E-state index in [0.29, 0.717) is 49.4 Å². The van der Waals surface area contributed by atoms with Gasteiger partial charge in [0.1, 0.15) is 17.4 Å². The van der Waals surface area contributed by atoms with Crippen LogP contribution in [0.3, 0.4) is 0 Å². The number of nitrogens with zero attached hydrogens (tertiary/aromatic N) is 2. The normalized spacial score (nSPS) is 20.4. The molecule has 5 rings (SSSR count). The second-order valence-electron chi connectivity index (χ2n) is 9.89. The molecule has 1 saturated heterocycles. The van der Waals surface area contributed by atoms with Crippen LogP contribution in [0.15, 0.2) is 71.0 Å². The van der Waals surface area contributed by atoms with Crippen LogP contribution < -0.4 is 0 Å². The van der Waals surface area contributed by atoms with Gasteiger partial charge in [-0.25, -0.2) is 17.2 Å². The van der Waals surface area contributed by atoms with Crippen LogP contribution in [0.5, 0.6) is 0 Å². The molecule has 0 aromatic heterocycles. The zero-order valence-corrected chi connectivity index (χ0v) is 21.3. The topological polar surface area (TPSA) is 74.8 Å². The van der Waals surface area contributed by atoms with Crippen molar-refractivity contribution in [1.82, 2.24) is 9.80 Å². The van der Waals surface area contributed by atoms with Crippen molar-refractivity contribution in [2.45, 2.75) is 24.2 Å². The molecule has 1 unspecified atom stereocenters. The molecule has 2 aromatic rings. The van der Waals surface area contributed by atoms with E-state index in [0.717, 1.165) is 19.1 Å². The summed E-state index contributed by atoms with van der Waals surface area (Å²) in [6.07, 6.45) is 6.56. The molecule has 194 valence electrons. The van der Waals surface area contributed by atoms with Gasteiger partial charge in [-0.3, -0.25) is 9.59 Å². The fourth-order valence-electron chi connectivity index (χ4n) is 4.95. The Bertz CT molecular complexity index is 1400. The maximum atomic E-state index is 14.9. The SMILES string of the molecule is CS(=O)(=O)c1ccc(-c2ccc(F)cc2)c(C(=O)N2CCN(C3=CCC(C(=O)C4CC4)C=C3F)CC2)c1. The minimum atomic E-state index is -3.56. The van der Waals surface area contributed by atoms with Crippen molar-refractivity contribution in [2.24, 2.45) is 11.8 Å². The molecule has 1 aliphatic heterocycles. The lowest BCUT2D eigenvalue weighted by atomic mass is 9.91. The van der Waals surface area contributed by atoms with Gasteiger partial charge in [-0.05, 0) is 60.7 Å². The molecule has 37 heavy (non-hydrogen) atoms. The molecule has 0 bridgehead atoms. The average Bonchev–Trinajstić information content (AvgIpc) is 3.73. The molecule has 0 spiro atoms. The standard InChI is InChI=1S/C28H28F2N2O4S/c1-37(35,36)22-9-10-23(18-4-7-21(29)8-5-18)24(17-22)28(34)32-14-12-31(13-15-32)26-11-6-20(16-25(26)30)27(33)19-2-3-19/h4-5,7-11,16-17,19-20H,2-3,6,12-15H2,1H3. The summed E-state index contributed by atoms with van der Waals surface area (Å²) >= 11 is 0. The van der Waals surface area contributed by atoms with Gasteiger partial charge in [-0.2, -0.15) is 0 Å². The fourth-order valence-corrected chi connectivity index (χ4v) is 5.60. The molecular weight excluding hydrogens is 498 g/mol. The summed E-state index contributed by atoms with van der Waals surface area (Å²) in [4.78, 5) is 29.4. The lowest BCUT2D eigenvalue weighted by Crippen LogP contribution is -2.48. The molecule has 2 fully saturated rings. The number of hydrogen-bond acceptors (Lipinski definition) is 5. The number of Topliss-reactive ketones (excluding diaryl/α,β-unsaturated/α-hetero) is 1. The van der Waals surface area contributed by atoms with Crippen molar-refractivity contribution in [3.05, 3.63) is 77.5 Å². The molecule has 9 heteroatoms. The van der Waals surface area contributed by atoms with Crippen molar-refractivity contribution in [3.63, 3.8) is 0 Å². The summed E-state index contributed by atoms with van der Waals surface area (Å²) in [7, 11) is -3.56. The van der Waals surface area contributed by atoms with Gasteiger partial charge in [0.15, 0.2) is 9.84 Å². The maximum Gasteiger partial charge on any atom is 0.254 e. The van der Waals surface area contributed by atoms with E-state index in [-0.39, 0.29) is 28.1 Å². The van der Waals surface area contributed by atoms with E-state index >= 15 is 0 Å². The molecule has 1 amide bonds. The highest BCUT2D eigenvalue weighted by Gasteiger charge is 2.36. The molecule has 2 aliphatic carbocycles. The van der Waals surface area contributed by atoms with Crippen molar-refractivity contribution < 1.29 is 26.8 Å². The molecule has 0 N–H and O–H groups in total. The predicted octanol–water partition coefficient (Wildman–Crippen LogP) is 4.39. The van der Waals surface area contributed by atoms with Crippen LogP contribution >= 0.6 is 0 Å². The van der Waals surface area contributed by atoms with E-state index in [1.54, 1.807) is 29.2 Å². The first-order valence-corrected chi connectivity index (χ1v) is 14.3. The average molecular weight is 527 g/mol. The number of ketones is 1. The lowest BCUT2D eigenvalue weighted by molar-refractivity contribution is -0.122. The molecule has 6 nitrogen and oxygen atoms in total. The third kappa shape index (κ3) is 5.37. The maximum absolute atomic E-state index is 14.9. The summed E-state index contributed by atoms with van der Waals surface area (Å²) in [5.74, 6) is -1.35. The third-order valence-electron chi connectivity index (χ3n) is 7.21. The quantitative estimate of drug-likeness (QED) is 0.558. The predicted molar refractivity (Wildman–Crippen MR) is 136 cm³/mol. The second kappa shape index (κ2) is 9.85. The van der Waals surface area contributed by atoms with Crippen LogP contribution in [0.2, 0.25) is 0 Å². The lowest BCUT2D eigenvalue weighted by Gasteiger charge is -2.38. The minimum absolute atomic E-state index is 0.0233. The number of halogens is 2. The van der Waals surface area contributed by atoms with Crippen molar-refractivity contribution in [1.29, 1.82) is 0 Å². The van der Waals surface area contributed by atoms with E-state index in [1.165, 1.54) is 30.3 Å². The summed E-state index contributed by atoms with van der Waals surface area (Å²) in [5.41, 5.74) is 1.78. The Morgan fingerprint density at radius 1 is 0.946 bits per heavy atom. The number of hydrogen-bond donors (Lipinski definition) is 0. The summed E-state index contributed by atoms with van der Waals surface area (Å²) in [5, 5.41) is 0. The Kier molecular flexibility index (Phi) is 6.74. The number of amides is 1. The number of piperazine rings is 1. The van der Waals surface area contributed by atoms with Crippen LogP contribution in [0, 0.1) is 17.7 Å². The molecular formula is C28H28F2N2O4S.